The molecule has 0 aliphatic carbocycles. The van der Waals surface area contributed by atoms with E-state index >= 15 is 0 Å². The lowest BCUT2D eigenvalue weighted by Crippen LogP contribution is -2.16. The van der Waals surface area contributed by atoms with Crippen LogP contribution in [0.4, 0.5) is 5.69 Å². The van der Waals surface area contributed by atoms with Crippen molar-refractivity contribution in [3.05, 3.63) is 42.5 Å². The maximum absolute atomic E-state index is 9.63. The van der Waals surface area contributed by atoms with Gasteiger partial charge in [-0.15, -0.1) is 6.58 Å². The lowest BCUT2D eigenvalue weighted by atomic mass is 10.1. The topological polar surface area (TPSA) is 23.5 Å². The molecule has 2 heteroatoms. The molecule has 15 heavy (non-hydrogen) atoms. The highest BCUT2D eigenvalue weighted by molar-refractivity contribution is 5.47. The number of rotatable bonds is 5. The van der Waals surface area contributed by atoms with E-state index in [2.05, 4.69) is 11.5 Å². The first-order valence-electron chi connectivity index (χ1n) is 5.29. The summed E-state index contributed by atoms with van der Waals surface area (Å²) < 4.78 is 0. The van der Waals surface area contributed by atoms with Gasteiger partial charge in [-0.05, 0) is 24.1 Å². The molecule has 0 aromatic heterocycles. The van der Waals surface area contributed by atoms with Crippen molar-refractivity contribution in [2.75, 3.05) is 18.5 Å². The fraction of sp³-hybridized carbons (Fsp3) is 0.385. The maximum atomic E-state index is 9.63. The second kappa shape index (κ2) is 5.56. The summed E-state index contributed by atoms with van der Waals surface area (Å²) in [5, 5.41) is 9.63. The van der Waals surface area contributed by atoms with Crippen molar-refractivity contribution in [2.24, 2.45) is 0 Å². The Balaban J connectivity index is 2.75. The van der Waals surface area contributed by atoms with Gasteiger partial charge in [-0.3, -0.25) is 0 Å². The van der Waals surface area contributed by atoms with E-state index in [4.69, 9.17) is 0 Å². The summed E-state index contributed by atoms with van der Waals surface area (Å²) in [7, 11) is 2.02. The Bertz CT molecular complexity index is 305. The van der Waals surface area contributed by atoms with Crippen LogP contribution < -0.4 is 4.90 Å². The minimum atomic E-state index is -0.344. The van der Waals surface area contributed by atoms with Gasteiger partial charge in [0.1, 0.15) is 0 Å². The molecule has 0 saturated carbocycles. The van der Waals surface area contributed by atoms with Gasteiger partial charge in [-0.2, -0.15) is 0 Å². The van der Waals surface area contributed by atoms with Crippen molar-refractivity contribution in [1.29, 1.82) is 0 Å². The van der Waals surface area contributed by atoms with E-state index in [1.54, 1.807) is 0 Å². The van der Waals surface area contributed by atoms with E-state index in [0.717, 1.165) is 24.2 Å². The van der Waals surface area contributed by atoms with Gasteiger partial charge in [0.15, 0.2) is 0 Å². The maximum Gasteiger partial charge on any atom is 0.0787 e. The van der Waals surface area contributed by atoms with Gasteiger partial charge < -0.3 is 10.0 Å². The Morgan fingerprint density at radius 3 is 2.47 bits per heavy atom. The van der Waals surface area contributed by atoms with Crippen molar-refractivity contribution in [1.82, 2.24) is 0 Å². The summed E-state index contributed by atoms with van der Waals surface area (Å²) in [5.74, 6) is 0. The molecule has 0 aliphatic heterocycles. The molecule has 0 aliphatic rings. The van der Waals surface area contributed by atoms with Crippen LogP contribution in [0.5, 0.6) is 0 Å². The van der Waals surface area contributed by atoms with Gasteiger partial charge in [0.25, 0.3) is 0 Å². The monoisotopic (exact) mass is 205 g/mol. The van der Waals surface area contributed by atoms with Gasteiger partial charge >= 0.3 is 0 Å². The smallest absolute Gasteiger partial charge is 0.0787 e. The van der Waals surface area contributed by atoms with Crippen LogP contribution >= 0.6 is 0 Å². The summed E-state index contributed by atoms with van der Waals surface area (Å²) in [6.07, 6.45) is 2.28. The fourth-order valence-corrected chi connectivity index (χ4v) is 1.49. The highest BCUT2D eigenvalue weighted by Crippen LogP contribution is 2.20. The first-order chi connectivity index (χ1) is 7.19. The molecule has 82 valence electrons. The standard InChI is InChI=1S/C13H19NO/c1-4-10-14(3)12-8-6-11(7-9-12)13(15)5-2/h4,6-9,13,15H,1,5,10H2,2-3H3/t13-/m0/s1. The normalized spacial score (nSPS) is 12.2. The Labute approximate surface area is 91.9 Å². The summed E-state index contributed by atoms with van der Waals surface area (Å²) in [5.41, 5.74) is 2.12. The quantitative estimate of drug-likeness (QED) is 0.747. The van der Waals surface area contributed by atoms with Crippen LogP contribution in [0.25, 0.3) is 0 Å². The largest absolute Gasteiger partial charge is 0.388 e. The molecular weight excluding hydrogens is 186 g/mol. The van der Waals surface area contributed by atoms with Crippen LogP contribution in [0.15, 0.2) is 36.9 Å². The predicted molar refractivity (Wildman–Crippen MR) is 65.2 cm³/mol. The van der Waals surface area contributed by atoms with Gasteiger partial charge in [0.05, 0.1) is 6.10 Å². The minimum absolute atomic E-state index is 0.344. The van der Waals surface area contributed by atoms with Gasteiger partial charge in [0, 0.05) is 19.3 Å². The third-order valence-electron chi connectivity index (χ3n) is 2.51. The Hall–Kier alpha value is -1.28. The lowest BCUT2D eigenvalue weighted by molar-refractivity contribution is 0.173. The molecule has 0 bridgehead atoms. The number of likely N-dealkylation sites (N-methyl/N-ethyl adjacent to an activating group) is 1. The second-order valence-electron chi connectivity index (χ2n) is 3.68. The second-order valence-corrected chi connectivity index (χ2v) is 3.68. The number of aliphatic hydroxyl groups is 1. The van der Waals surface area contributed by atoms with E-state index in [9.17, 15) is 5.11 Å². The first-order valence-corrected chi connectivity index (χ1v) is 5.29. The number of benzene rings is 1. The predicted octanol–water partition coefficient (Wildman–Crippen LogP) is 2.75. The van der Waals surface area contributed by atoms with Crippen LogP contribution in [0.2, 0.25) is 0 Å². The molecule has 0 saturated heterocycles. The third-order valence-corrected chi connectivity index (χ3v) is 2.51. The molecule has 0 radical (unpaired) electrons. The molecule has 0 amide bonds. The molecule has 1 aromatic rings. The van der Waals surface area contributed by atoms with Crippen molar-refractivity contribution in [3.8, 4) is 0 Å². The van der Waals surface area contributed by atoms with Gasteiger partial charge in [0.2, 0.25) is 0 Å². The lowest BCUT2D eigenvalue weighted by Gasteiger charge is -2.18. The summed E-state index contributed by atoms with van der Waals surface area (Å²) in [4.78, 5) is 2.11. The summed E-state index contributed by atoms with van der Waals surface area (Å²) in [6.45, 7) is 6.51. The van der Waals surface area contributed by atoms with Crippen LogP contribution in [-0.4, -0.2) is 18.7 Å². The Morgan fingerprint density at radius 1 is 1.40 bits per heavy atom. The molecule has 0 unspecified atom stereocenters. The van der Waals surface area contributed by atoms with Crippen molar-refractivity contribution in [2.45, 2.75) is 19.4 Å². The number of anilines is 1. The molecule has 1 atom stereocenters. The number of aliphatic hydroxyl groups excluding tert-OH is 1. The number of hydrogen-bond donors (Lipinski definition) is 1. The first kappa shape index (κ1) is 11.8. The van der Waals surface area contributed by atoms with E-state index in [1.807, 2.05) is 44.3 Å². The zero-order chi connectivity index (χ0) is 11.3. The van der Waals surface area contributed by atoms with Crippen LogP contribution in [0, 0.1) is 0 Å². The molecule has 1 aromatic carbocycles. The average molecular weight is 205 g/mol. The van der Waals surface area contributed by atoms with E-state index < -0.39 is 0 Å². The van der Waals surface area contributed by atoms with Gasteiger partial charge in [-0.1, -0.05) is 25.1 Å². The van der Waals surface area contributed by atoms with Crippen LogP contribution in [0.1, 0.15) is 25.0 Å². The molecule has 0 spiro atoms. The van der Waals surface area contributed by atoms with Crippen LogP contribution in [-0.2, 0) is 0 Å². The zero-order valence-corrected chi connectivity index (χ0v) is 9.48. The van der Waals surface area contributed by atoms with Crippen molar-refractivity contribution < 1.29 is 5.11 Å². The molecule has 1 N–H and O–H groups in total. The highest BCUT2D eigenvalue weighted by Gasteiger charge is 2.04. The summed E-state index contributed by atoms with van der Waals surface area (Å²) in [6, 6.07) is 8.00. The zero-order valence-electron chi connectivity index (χ0n) is 9.48. The highest BCUT2D eigenvalue weighted by atomic mass is 16.3. The van der Waals surface area contributed by atoms with Gasteiger partial charge in [-0.25, -0.2) is 0 Å². The average Bonchev–Trinajstić information content (AvgIpc) is 2.28. The summed E-state index contributed by atoms with van der Waals surface area (Å²) >= 11 is 0. The van der Waals surface area contributed by atoms with E-state index in [0.29, 0.717) is 0 Å². The molecule has 0 heterocycles. The number of hydrogen-bond acceptors (Lipinski definition) is 2. The third kappa shape index (κ3) is 3.10. The van der Waals surface area contributed by atoms with Crippen LogP contribution in [0.3, 0.4) is 0 Å². The molecule has 0 fully saturated rings. The van der Waals surface area contributed by atoms with E-state index in [-0.39, 0.29) is 6.10 Å². The van der Waals surface area contributed by atoms with Crippen molar-refractivity contribution in [3.63, 3.8) is 0 Å². The fourth-order valence-electron chi connectivity index (χ4n) is 1.49. The number of nitrogens with zero attached hydrogens (tertiary/aromatic N) is 1. The Kier molecular flexibility index (Phi) is 4.37. The minimum Gasteiger partial charge on any atom is -0.388 e. The molecular formula is C13H19NO. The van der Waals surface area contributed by atoms with E-state index in [1.165, 1.54) is 0 Å². The van der Waals surface area contributed by atoms with Crippen molar-refractivity contribution >= 4 is 5.69 Å². The Morgan fingerprint density at radius 2 is 2.00 bits per heavy atom. The molecule has 2 nitrogen and oxygen atoms in total. The molecule has 1 rings (SSSR count). The SMILES string of the molecule is C=CCN(C)c1ccc([C@@H](O)CC)cc1.